The summed E-state index contributed by atoms with van der Waals surface area (Å²) < 4.78 is 0. The third-order valence-electron chi connectivity index (χ3n) is 10.7. The average Bonchev–Trinajstić information content (AvgIpc) is 3.11. The molecule has 0 bridgehead atoms. The Morgan fingerprint density at radius 2 is 1.72 bits per heavy atom. The van der Waals surface area contributed by atoms with Gasteiger partial charge in [-0.05, 0) is 86.4 Å². The highest BCUT2D eigenvalue weighted by Gasteiger charge is 2.62. The minimum atomic E-state index is 0.274. The standard InChI is InChI=1S/C28H48N2O2/c1-6-8-9-19-30(26(32)10-7-2)24-14-12-21-20-11-13-23-27(3,18-16-25(31)29(23)5)22(20)15-17-28(21,24)4/h20-24H,6-19H2,1-5H3/t20-,21-,22-,23+,24-,27+,28-/m0/s1. The fourth-order valence-corrected chi connectivity index (χ4v) is 8.98. The van der Waals surface area contributed by atoms with Crippen LogP contribution in [0.25, 0.3) is 0 Å². The van der Waals surface area contributed by atoms with Gasteiger partial charge < -0.3 is 9.80 Å². The molecule has 0 aromatic heterocycles. The molecule has 0 N–H and O–H groups in total. The fraction of sp³-hybridized carbons (Fsp3) is 0.929. The maximum absolute atomic E-state index is 13.2. The van der Waals surface area contributed by atoms with Crippen LogP contribution in [0, 0.1) is 28.6 Å². The second-order valence-corrected chi connectivity index (χ2v) is 12.2. The average molecular weight is 445 g/mol. The van der Waals surface area contributed by atoms with E-state index in [9.17, 15) is 9.59 Å². The van der Waals surface area contributed by atoms with Crippen molar-refractivity contribution in [2.75, 3.05) is 13.6 Å². The van der Waals surface area contributed by atoms with Gasteiger partial charge in [0.1, 0.15) is 0 Å². The summed E-state index contributed by atoms with van der Waals surface area (Å²) in [4.78, 5) is 30.1. The first-order valence-electron chi connectivity index (χ1n) is 13.8. The number of unbranched alkanes of at least 4 members (excludes halogenated alkanes) is 2. The summed E-state index contributed by atoms with van der Waals surface area (Å²) in [6, 6.07) is 0.869. The van der Waals surface area contributed by atoms with Gasteiger partial charge in [-0.1, -0.05) is 40.5 Å². The van der Waals surface area contributed by atoms with Crippen molar-refractivity contribution in [1.82, 2.24) is 9.80 Å². The molecule has 2 amide bonds. The molecule has 1 aliphatic heterocycles. The molecule has 7 atom stereocenters. The van der Waals surface area contributed by atoms with Gasteiger partial charge in [-0.2, -0.15) is 0 Å². The minimum Gasteiger partial charge on any atom is -0.342 e. The zero-order valence-corrected chi connectivity index (χ0v) is 21.5. The summed E-state index contributed by atoms with van der Waals surface area (Å²) in [5.74, 6) is 3.02. The molecule has 3 aliphatic carbocycles. The molecule has 182 valence electrons. The van der Waals surface area contributed by atoms with Crippen LogP contribution in [0.15, 0.2) is 0 Å². The highest BCUT2D eigenvalue weighted by Crippen LogP contribution is 2.65. The third kappa shape index (κ3) is 3.82. The molecule has 0 aromatic rings. The molecule has 0 radical (unpaired) electrons. The Kier molecular flexibility index (Phi) is 6.99. The van der Waals surface area contributed by atoms with Crippen molar-refractivity contribution in [3.63, 3.8) is 0 Å². The monoisotopic (exact) mass is 444 g/mol. The summed E-state index contributed by atoms with van der Waals surface area (Å²) in [6.45, 7) is 10.4. The molecule has 0 spiro atoms. The van der Waals surface area contributed by atoms with Crippen LogP contribution in [0.4, 0.5) is 0 Å². The first-order chi connectivity index (χ1) is 15.3. The number of rotatable bonds is 7. The molecule has 4 fully saturated rings. The summed E-state index contributed by atoms with van der Waals surface area (Å²) in [6.07, 6.45) is 14.5. The molecule has 1 heterocycles. The van der Waals surface area contributed by atoms with Crippen LogP contribution < -0.4 is 0 Å². The molecule has 1 saturated heterocycles. The number of carbonyl (C=O) groups is 2. The number of piperidine rings is 1. The molecule has 4 nitrogen and oxygen atoms in total. The van der Waals surface area contributed by atoms with E-state index in [0.29, 0.717) is 30.3 Å². The molecule has 0 aromatic carbocycles. The van der Waals surface area contributed by atoms with Crippen LogP contribution in [0.2, 0.25) is 0 Å². The van der Waals surface area contributed by atoms with Crippen molar-refractivity contribution in [1.29, 1.82) is 0 Å². The topological polar surface area (TPSA) is 40.6 Å². The lowest BCUT2D eigenvalue weighted by molar-refractivity contribution is -0.159. The predicted octanol–water partition coefficient (Wildman–Crippen LogP) is 6.04. The molecular weight excluding hydrogens is 396 g/mol. The van der Waals surface area contributed by atoms with Gasteiger partial charge in [-0.25, -0.2) is 0 Å². The van der Waals surface area contributed by atoms with Gasteiger partial charge in [0.2, 0.25) is 11.8 Å². The van der Waals surface area contributed by atoms with E-state index in [4.69, 9.17) is 0 Å². The predicted molar refractivity (Wildman–Crippen MR) is 130 cm³/mol. The van der Waals surface area contributed by atoms with Crippen LogP contribution in [-0.2, 0) is 9.59 Å². The summed E-state index contributed by atoms with van der Waals surface area (Å²) in [7, 11) is 2.05. The van der Waals surface area contributed by atoms with Crippen LogP contribution in [-0.4, -0.2) is 47.3 Å². The SMILES string of the molecule is CCCCCN(C(=O)CCC)[C@H]1CC[C@H]2[C@@H]3CC[C@H]4N(C)C(=O)CC[C@]4(C)[C@H]3CC[C@]12C. The normalized spacial score (nSPS) is 41.1. The van der Waals surface area contributed by atoms with E-state index >= 15 is 0 Å². The summed E-state index contributed by atoms with van der Waals surface area (Å²) in [5.41, 5.74) is 0.556. The number of nitrogens with zero attached hydrogens (tertiary/aromatic N) is 2. The van der Waals surface area contributed by atoms with Crippen LogP contribution in [0.1, 0.15) is 111 Å². The van der Waals surface area contributed by atoms with Crippen LogP contribution >= 0.6 is 0 Å². The van der Waals surface area contributed by atoms with E-state index in [1.807, 2.05) is 0 Å². The molecular formula is C28H48N2O2. The van der Waals surface area contributed by atoms with Crippen molar-refractivity contribution >= 4 is 11.8 Å². The smallest absolute Gasteiger partial charge is 0.222 e. The highest BCUT2D eigenvalue weighted by molar-refractivity contribution is 5.77. The Morgan fingerprint density at radius 3 is 2.44 bits per heavy atom. The molecule has 4 rings (SSSR count). The molecule has 32 heavy (non-hydrogen) atoms. The van der Waals surface area contributed by atoms with E-state index in [1.165, 1.54) is 51.4 Å². The first-order valence-corrected chi connectivity index (χ1v) is 13.8. The van der Waals surface area contributed by atoms with Gasteiger partial charge in [0.15, 0.2) is 0 Å². The molecule has 4 heteroatoms. The number of fused-ring (bicyclic) bond motifs is 5. The second kappa shape index (κ2) is 9.29. The maximum atomic E-state index is 13.2. The number of hydrogen-bond donors (Lipinski definition) is 0. The van der Waals surface area contributed by atoms with Gasteiger partial charge in [-0.3, -0.25) is 9.59 Å². The second-order valence-electron chi connectivity index (χ2n) is 12.2. The van der Waals surface area contributed by atoms with Crippen LogP contribution in [0.3, 0.4) is 0 Å². The highest BCUT2D eigenvalue weighted by atomic mass is 16.2. The van der Waals surface area contributed by atoms with Gasteiger partial charge >= 0.3 is 0 Å². The lowest BCUT2D eigenvalue weighted by Crippen LogP contribution is -2.62. The van der Waals surface area contributed by atoms with Crippen molar-refractivity contribution in [3.05, 3.63) is 0 Å². The largest absolute Gasteiger partial charge is 0.342 e. The van der Waals surface area contributed by atoms with E-state index in [2.05, 4.69) is 44.5 Å². The van der Waals surface area contributed by atoms with E-state index in [-0.39, 0.29) is 10.8 Å². The molecule has 4 aliphatic rings. The quantitative estimate of drug-likeness (QED) is 0.449. The van der Waals surface area contributed by atoms with Crippen molar-refractivity contribution in [2.24, 2.45) is 28.6 Å². The summed E-state index contributed by atoms with van der Waals surface area (Å²) >= 11 is 0. The Morgan fingerprint density at radius 1 is 0.969 bits per heavy atom. The Labute approximate surface area is 196 Å². The third-order valence-corrected chi connectivity index (χ3v) is 10.7. The summed E-state index contributed by atoms with van der Waals surface area (Å²) in [5, 5.41) is 0. The molecule has 0 unspecified atom stereocenters. The van der Waals surface area contributed by atoms with E-state index in [0.717, 1.165) is 50.0 Å². The Hall–Kier alpha value is -1.06. The Bertz CT molecular complexity index is 708. The van der Waals surface area contributed by atoms with Gasteiger partial charge in [0.05, 0.1) is 0 Å². The van der Waals surface area contributed by atoms with E-state index < -0.39 is 0 Å². The molecule has 3 saturated carbocycles. The van der Waals surface area contributed by atoms with Gasteiger partial charge in [-0.15, -0.1) is 0 Å². The lowest BCUT2D eigenvalue weighted by atomic mass is 9.47. The minimum absolute atomic E-state index is 0.274. The zero-order chi connectivity index (χ0) is 23.1. The fourth-order valence-electron chi connectivity index (χ4n) is 8.98. The number of carbonyl (C=O) groups excluding carboxylic acids is 2. The number of hydrogen-bond acceptors (Lipinski definition) is 2. The van der Waals surface area contributed by atoms with E-state index in [1.54, 1.807) is 0 Å². The Balaban J connectivity index is 1.55. The number of likely N-dealkylation sites (tertiary alicyclic amines) is 1. The van der Waals surface area contributed by atoms with Crippen molar-refractivity contribution in [3.8, 4) is 0 Å². The number of amides is 2. The van der Waals surface area contributed by atoms with Gasteiger partial charge in [0.25, 0.3) is 0 Å². The van der Waals surface area contributed by atoms with Crippen molar-refractivity contribution in [2.45, 2.75) is 123 Å². The maximum Gasteiger partial charge on any atom is 0.222 e. The lowest BCUT2D eigenvalue weighted by Gasteiger charge is -2.62. The zero-order valence-electron chi connectivity index (χ0n) is 21.5. The first kappa shape index (κ1) is 24.1. The van der Waals surface area contributed by atoms with Gasteiger partial charge in [0, 0.05) is 38.5 Å². The van der Waals surface area contributed by atoms with Crippen molar-refractivity contribution < 1.29 is 9.59 Å². The van der Waals surface area contributed by atoms with Crippen LogP contribution in [0.5, 0.6) is 0 Å².